The lowest BCUT2D eigenvalue weighted by molar-refractivity contribution is -0.129. The quantitative estimate of drug-likeness (QED) is 0.562. The summed E-state index contributed by atoms with van der Waals surface area (Å²) >= 11 is 5.97. The second kappa shape index (κ2) is 9.22. The molecule has 0 radical (unpaired) electrons. The average Bonchev–Trinajstić information content (AvgIpc) is 3.07. The summed E-state index contributed by atoms with van der Waals surface area (Å²) in [5.74, 6) is 0.0833. The van der Waals surface area contributed by atoms with Crippen molar-refractivity contribution < 1.29 is 18.7 Å². The first kappa shape index (κ1) is 21.7. The predicted molar refractivity (Wildman–Crippen MR) is 117 cm³/mol. The van der Waals surface area contributed by atoms with Crippen molar-refractivity contribution in [2.75, 3.05) is 6.61 Å². The van der Waals surface area contributed by atoms with E-state index < -0.39 is 5.91 Å². The van der Waals surface area contributed by atoms with E-state index >= 15 is 0 Å². The van der Waals surface area contributed by atoms with Gasteiger partial charge in [-0.3, -0.25) is 20.4 Å². The van der Waals surface area contributed by atoms with Crippen LogP contribution in [0.25, 0.3) is 11.0 Å². The number of halogens is 1. The van der Waals surface area contributed by atoms with E-state index in [4.69, 9.17) is 20.8 Å². The summed E-state index contributed by atoms with van der Waals surface area (Å²) in [4.78, 5) is 24.2. The van der Waals surface area contributed by atoms with Crippen LogP contribution in [0.1, 0.15) is 42.0 Å². The fraction of sp³-hybridized carbons (Fsp3) is 0.304. The summed E-state index contributed by atoms with van der Waals surface area (Å²) in [7, 11) is 0. The van der Waals surface area contributed by atoms with Gasteiger partial charge in [-0.2, -0.15) is 0 Å². The van der Waals surface area contributed by atoms with Crippen LogP contribution in [-0.2, 0) is 16.0 Å². The van der Waals surface area contributed by atoms with Gasteiger partial charge in [0.05, 0.1) is 12.7 Å². The largest absolute Gasteiger partial charge is 0.484 e. The fourth-order valence-electron chi connectivity index (χ4n) is 3.25. The molecule has 0 saturated heterocycles. The maximum Gasteiger partial charge on any atom is 0.276 e. The number of carbonyl (C=O) groups is 2. The van der Waals surface area contributed by atoms with Gasteiger partial charge < -0.3 is 9.15 Å². The first-order valence-electron chi connectivity index (χ1n) is 9.72. The third-order valence-electron chi connectivity index (χ3n) is 4.86. The van der Waals surface area contributed by atoms with Crippen LogP contribution in [0, 0.1) is 13.8 Å². The number of ether oxygens (including phenoxy) is 1. The molecule has 1 heterocycles. The number of furan rings is 1. The van der Waals surface area contributed by atoms with Crippen LogP contribution < -0.4 is 15.6 Å². The Morgan fingerprint density at radius 1 is 1.07 bits per heavy atom. The molecule has 0 bridgehead atoms. The molecule has 0 unspecified atom stereocenters. The van der Waals surface area contributed by atoms with Gasteiger partial charge in [-0.1, -0.05) is 25.4 Å². The molecule has 0 fully saturated rings. The second-order valence-electron chi connectivity index (χ2n) is 7.59. The van der Waals surface area contributed by atoms with Crippen LogP contribution in [0.3, 0.4) is 0 Å². The lowest BCUT2D eigenvalue weighted by Gasteiger charge is -2.10. The van der Waals surface area contributed by atoms with Crippen LogP contribution in [-0.4, -0.2) is 18.4 Å². The van der Waals surface area contributed by atoms with Crippen molar-refractivity contribution in [3.8, 4) is 5.75 Å². The average molecular weight is 429 g/mol. The van der Waals surface area contributed by atoms with Crippen LogP contribution in [0.15, 0.2) is 41.0 Å². The van der Waals surface area contributed by atoms with Gasteiger partial charge in [-0.15, -0.1) is 0 Å². The minimum Gasteiger partial charge on any atom is -0.484 e. The molecule has 1 aromatic heterocycles. The summed E-state index contributed by atoms with van der Waals surface area (Å²) in [5, 5.41) is 1.54. The molecule has 6 nitrogen and oxygen atoms in total. The summed E-state index contributed by atoms with van der Waals surface area (Å²) in [5.41, 5.74) is 9.51. The molecular formula is C23H25ClN2O4. The normalized spacial score (nSPS) is 11.0. The van der Waals surface area contributed by atoms with Crippen molar-refractivity contribution in [3.63, 3.8) is 0 Å². The van der Waals surface area contributed by atoms with Crippen LogP contribution in [0.4, 0.5) is 0 Å². The number of hydrazine groups is 1. The predicted octanol–water partition coefficient (Wildman–Crippen LogP) is 4.60. The molecule has 3 aromatic rings. The van der Waals surface area contributed by atoms with Gasteiger partial charge in [0.1, 0.15) is 11.3 Å². The third kappa shape index (κ3) is 5.13. The number of amides is 2. The van der Waals surface area contributed by atoms with Crippen molar-refractivity contribution in [2.24, 2.45) is 0 Å². The van der Waals surface area contributed by atoms with Gasteiger partial charge in [0.2, 0.25) is 5.91 Å². The van der Waals surface area contributed by atoms with E-state index in [0.29, 0.717) is 16.7 Å². The van der Waals surface area contributed by atoms with E-state index in [9.17, 15) is 9.59 Å². The number of aryl methyl sites for hydroxylation is 2. The maximum absolute atomic E-state index is 12.3. The lowest BCUT2D eigenvalue weighted by atomic mass is 9.95. The molecule has 30 heavy (non-hydrogen) atoms. The Kier molecular flexibility index (Phi) is 6.67. The molecule has 2 aromatic carbocycles. The van der Waals surface area contributed by atoms with E-state index in [1.54, 1.807) is 24.5 Å². The van der Waals surface area contributed by atoms with Crippen LogP contribution in [0.2, 0.25) is 5.02 Å². The number of carbonyl (C=O) groups excluding carboxylic acids is 2. The molecule has 158 valence electrons. The lowest BCUT2D eigenvalue weighted by Crippen LogP contribution is -2.44. The Labute approximate surface area is 180 Å². The van der Waals surface area contributed by atoms with Gasteiger partial charge in [0, 0.05) is 16.0 Å². The highest BCUT2D eigenvalue weighted by Crippen LogP contribution is 2.29. The molecule has 0 aliphatic rings. The first-order valence-corrected chi connectivity index (χ1v) is 10.1. The SMILES string of the molecule is Cc1cc(OCC(=O)NNC(=O)Cc2coc3cc(C)c(C(C)C)cc23)ccc1Cl. The van der Waals surface area contributed by atoms with E-state index in [0.717, 1.165) is 27.7 Å². The van der Waals surface area contributed by atoms with E-state index in [-0.39, 0.29) is 18.9 Å². The van der Waals surface area contributed by atoms with Gasteiger partial charge in [0.25, 0.3) is 5.91 Å². The number of hydrogen-bond donors (Lipinski definition) is 2. The zero-order valence-corrected chi connectivity index (χ0v) is 18.2. The minimum absolute atomic E-state index is 0.0884. The van der Waals surface area contributed by atoms with E-state index in [2.05, 4.69) is 30.8 Å². The highest BCUT2D eigenvalue weighted by atomic mass is 35.5. The fourth-order valence-corrected chi connectivity index (χ4v) is 3.37. The Bertz CT molecular complexity index is 1090. The number of nitrogens with one attached hydrogen (secondary N) is 2. The smallest absolute Gasteiger partial charge is 0.276 e. The standard InChI is InChI=1S/C23H25ClN2O4/c1-13(2)18-10-19-16(11-30-21(19)8-14(18)3)9-22(27)25-26-23(28)12-29-17-5-6-20(24)15(4)7-17/h5-8,10-11,13H,9,12H2,1-4H3,(H,25,27)(H,26,28). The Balaban J connectivity index is 1.54. The highest BCUT2D eigenvalue weighted by Gasteiger charge is 2.14. The minimum atomic E-state index is -0.467. The van der Waals surface area contributed by atoms with Gasteiger partial charge in [0.15, 0.2) is 6.61 Å². The summed E-state index contributed by atoms with van der Waals surface area (Å²) in [6.07, 6.45) is 1.67. The van der Waals surface area contributed by atoms with Crippen molar-refractivity contribution in [1.82, 2.24) is 10.9 Å². The number of fused-ring (bicyclic) bond motifs is 1. The summed E-state index contributed by atoms with van der Waals surface area (Å²) in [6.45, 7) is 7.92. The molecule has 2 amide bonds. The topological polar surface area (TPSA) is 80.6 Å². The Hall–Kier alpha value is -2.99. The van der Waals surface area contributed by atoms with Gasteiger partial charge in [-0.05, 0) is 66.8 Å². The van der Waals surface area contributed by atoms with Gasteiger partial charge in [-0.25, -0.2) is 0 Å². The second-order valence-corrected chi connectivity index (χ2v) is 8.00. The van der Waals surface area contributed by atoms with Crippen molar-refractivity contribution in [2.45, 2.75) is 40.0 Å². The molecule has 3 rings (SSSR count). The molecule has 0 saturated carbocycles. The molecule has 0 aliphatic carbocycles. The van der Waals surface area contributed by atoms with Crippen LogP contribution >= 0.6 is 11.6 Å². The molecule has 0 aliphatic heterocycles. The monoisotopic (exact) mass is 428 g/mol. The molecule has 7 heteroatoms. The Morgan fingerprint density at radius 3 is 2.50 bits per heavy atom. The zero-order chi connectivity index (χ0) is 21.8. The van der Waals surface area contributed by atoms with Crippen LogP contribution in [0.5, 0.6) is 5.75 Å². The highest BCUT2D eigenvalue weighted by molar-refractivity contribution is 6.31. The number of hydrogen-bond acceptors (Lipinski definition) is 4. The zero-order valence-electron chi connectivity index (χ0n) is 17.5. The number of rotatable bonds is 6. The van der Waals surface area contributed by atoms with Crippen molar-refractivity contribution in [1.29, 1.82) is 0 Å². The number of benzene rings is 2. The van der Waals surface area contributed by atoms with Crippen molar-refractivity contribution >= 4 is 34.4 Å². The summed E-state index contributed by atoms with van der Waals surface area (Å²) < 4.78 is 11.0. The molecule has 0 atom stereocenters. The van der Waals surface area contributed by atoms with Gasteiger partial charge >= 0.3 is 0 Å². The third-order valence-corrected chi connectivity index (χ3v) is 5.28. The van der Waals surface area contributed by atoms with E-state index in [1.807, 2.05) is 19.9 Å². The van der Waals surface area contributed by atoms with Crippen molar-refractivity contribution in [3.05, 3.63) is 63.9 Å². The molecule has 0 spiro atoms. The first-order chi connectivity index (χ1) is 14.2. The van der Waals surface area contributed by atoms with E-state index in [1.165, 1.54) is 5.56 Å². The summed E-state index contributed by atoms with van der Waals surface area (Å²) in [6, 6.07) is 9.18. The molecule has 2 N–H and O–H groups in total. The Morgan fingerprint density at radius 2 is 1.80 bits per heavy atom. The molecular weight excluding hydrogens is 404 g/mol. The maximum atomic E-state index is 12.3.